The Balaban J connectivity index is 1.26. The third kappa shape index (κ3) is 6.36. The SMILES string of the molecule is Cc1cccc(N(c2ccc(C(C)(C)C)cc2)c2cc3oc4cc(N(c5ccc(C(C)(C)C)cc5)c5cccc(C)c5)c5c6ccccc6oc5c4c3c3oc4ccccc4c23)c1. The summed E-state index contributed by atoms with van der Waals surface area (Å²) in [6, 6.07) is 56.4. The lowest BCUT2D eigenvalue weighted by molar-refractivity contribution is 0.590. The number of aryl methyl sites for hydroxylation is 2. The number of fused-ring (bicyclic) bond motifs is 11. The number of rotatable bonds is 6. The van der Waals surface area contributed by atoms with Crippen molar-refractivity contribution in [1.29, 1.82) is 0 Å². The van der Waals surface area contributed by atoms with Gasteiger partial charge < -0.3 is 23.1 Å². The molecule has 11 rings (SSSR count). The molecule has 0 aliphatic rings. The summed E-state index contributed by atoms with van der Waals surface area (Å²) < 4.78 is 21.3. The Labute approximate surface area is 367 Å². The Hall–Kier alpha value is -7.24. The number of nitrogens with zero attached hydrogens (tertiary/aromatic N) is 2. The highest BCUT2D eigenvalue weighted by Crippen LogP contribution is 2.53. The molecule has 5 heteroatoms. The van der Waals surface area contributed by atoms with Crippen molar-refractivity contribution < 1.29 is 13.3 Å². The van der Waals surface area contributed by atoms with E-state index >= 15 is 0 Å². The summed E-state index contributed by atoms with van der Waals surface area (Å²) in [6.45, 7) is 17.8. The zero-order valence-corrected chi connectivity index (χ0v) is 37.1. The highest BCUT2D eigenvalue weighted by Gasteiger charge is 2.30. The number of benzene rings is 8. The van der Waals surface area contributed by atoms with E-state index in [1.807, 2.05) is 12.1 Å². The number of anilines is 6. The van der Waals surface area contributed by atoms with E-state index in [9.17, 15) is 0 Å². The van der Waals surface area contributed by atoms with Crippen LogP contribution in [0.4, 0.5) is 34.1 Å². The summed E-state index contributed by atoms with van der Waals surface area (Å²) in [6.07, 6.45) is 0. The average molecular weight is 823 g/mol. The third-order valence-electron chi connectivity index (χ3n) is 12.6. The zero-order chi connectivity index (χ0) is 43.4. The highest BCUT2D eigenvalue weighted by atomic mass is 16.4. The van der Waals surface area contributed by atoms with E-state index in [2.05, 4.69) is 211 Å². The maximum Gasteiger partial charge on any atom is 0.149 e. The van der Waals surface area contributed by atoms with Gasteiger partial charge in [0.1, 0.15) is 33.5 Å². The topological polar surface area (TPSA) is 45.9 Å². The first kappa shape index (κ1) is 38.7. The van der Waals surface area contributed by atoms with Crippen molar-refractivity contribution in [2.75, 3.05) is 9.80 Å². The van der Waals surface area contributed by atoms with Gasteiger partial charge in [0.25, 0.3) is 0 Å². The number of para-hydroxylation sites is 2. The average Bonchev–Trinajstić information content (AvgIpc) is 3.95. The van der Waals surface area contributed by atoms with Crippen molar-refractivity contribution in [3.63, 3.8) is 0 Å². The molecule has 0 saturated carbocycles. The number of hydrogen-bond donors (Lipinski definition) is 0. The van der Waals surface area contributed by atoms with Gasteiger partial charge in [-0.25, -0.2) is 0 Å². The van der Waals surface area contributed by atoms with Crippen LogP contribution in [0.2, 0.25) is 0 Å². The lowest BCUT2D eigenvalue weighted by atomic mass is 9.87. The van der Waals surface area contributed by atoms with Crippen molar-refractivity contribution in [3.05, 3.63) is 180 Å². The fourth-order valence-corrected chi connectivity index (χ4v) is 9.43. The van der Waals surface area contributed by atoms with Gasteiger partial charge in [-0.2, -0.15) is 0 Å². The molecule has 3 aromatic heterocycles. The molecule has 310 valence electrons. The Morgan fingerprint density at radius 3 is 1.13 bits per heavy atom. The summed E-state index contributed by atoms with van der Waals surface area (Å²) in [5.41, 5.74) is 15.6. The van der Waals surface area contributed by atoms with Crippen LogP contribution < -0.4 is 9.80 Å². The van der Waals surface area contributed by atoms with Crippen LogP contribution >= 0.6 is 0 Å². The van der Waals surface area contributed by atoms with E-state index in [0.717, 1.165) is 88.8 Å². The van der Waals surface area contributed by atoms with E-state index in [-0.39, 0.29) is 10.8 Å². The molecule has 5 nitrogen and oxygen atoms in total. The predicted molar refractivity (Wildman–Crippen MR) is 265 cm³/mol. The summed E-state index contributed by atoms with van der Waals surface area (Å²) >= 11 is 0. The van der Waals surface area contributed by atoms with Crippen molar-refractivity contribution in [2.24, 2.45) is 0 Å². The van der Waals surface area contributed by atoms with Crippen molar-refractivity contribution in [1.82, 2.24) is 0 Å². The van der Waals surface area contributed by atoms with Gasteiger partial charge in [0.2, 0.25) is 0 Å². The first-order valence-electron chi connectivity index (χ1n) is 21.9. The lowest BCUT2D eigenvalue weighted by Gasteiger charge is -2.28. The van der Waals surface area contributed by atoms with Crippen molar-refractivity contribution >= 4 is 99.9 Å². The Morgan fingerprint density at radius 1 is 0.349 bits per heavy atom. The van der Waals surface area contributed by atoms with Crippen LogP contribution in [0, 0.1) is 13.8 Å². The molecule has 0 amide bonds. The Kier molecular flexibility index (Phi) is 8.68. The van der Waals surface area contributed by atoms with Crippen LogP contribution in [0.25, 0.3) is 65.8 Å². The Bertz CT molecular complexity index is 3320. The van der Waals surface area contributed by atoms with Crippen LogP contribution in [0.15, 0.2) is 171 Å². The molecule has 0 unspecified atom stereocenters. The zero-order valence-electron chi connectivity index (χ0n) is 37.1. The first-order valence-corrected chi connectivity index (χ1v) is 21.9. The molecule has 0 atom stereocenters. The van der Waals surface area contributed by atoms with Gasteiger partial charge in [-0.1, -0.05) is 126 Å². The molecule has 3 heterocycles. The van der Waals surface area contributed by atoms with Crippen molar-refractivity contribution in [3.8, 4) is 0 Å². The molecule has 0 aliphatic heterocycles. The highest BCUT2D eigenvalue weighted by molar-refractivity contribution is 6.33. The summed E-state index contributed by atoms with van der Waals surface area (Å²) in [5, 5.41) is 5.86. The second kappa shape index (κ2) is 14.1. The molecule has 0 saturated heterocycles. The molecule has 0 spiro atoms. The Morgan fingerprint density at radius 2 is 0.746 bits per heavy atom. The van der Waals surface area contributed by atoms with Crippen molar-refractivity contribution in [2.45, 2.75) is 66.2 Å². The molecule has 0 radical (unpaired) electrons. The van der Waals surface area contributed by atoms with E-state index in [4.69, 9.17) is 13.3 Å². The minimum absolute atomic E-state index is 0.0134. The van der Waals surface area contributed by atoms with Crippen LogP contribution in [0.5, 0.6) is 0 Å². The van der Waals surface area contributed by atoms with Crippen LogP contribution in [-0.4, -0.2) is 0 Å². The van der Waals surface area contributed by atoms with E-state index in [1.165, 1.54) is 22.3 Å². The quantitative estimate of drug-likeness (QED) is 0.167. The smallest absolute Gasteiger partial charge is 0.149 e. The first-order chi connectivity index (χ1) is 30.3. The maximum absolute atomic E-state index is 7.19. The predicted octanol–water partition coefficient (Wildman–Crippen LogP) is 17.5. The normalized spacial score (nSPS) is 12.4. The van der Waals surface area contributed by atoms with E-state index in [1.54, 1.807) is 0 Å². The molecule has 0 N–H and O–H groups in total. The summed E-state index contributed by atoms with van der Waals surface area (Å²) in [7, 11) is 0. The molecule has 11 aromatic rings. The van der Waals surface area contributed by atoms with Gasteiger partial charge in [0.15, 0.2) is 0 Å². The molecule has 0 fully saturated rings. The second-order valence-corrected chi connectivity index (χ2v) is 19.2. The van der Waals surface area contributed by atoms with Gasteiger partial charge in [0.05, 0.1) is 32.9 Å². The molecular formula is C58H50N2O3. The van der Waals surface area contributed by atoms with E-state index in [0.29, 0.717) is 11.2 Å². The monoisotopic (exact) mass is 822 g/mol. The minimum Gasteiger partial charge on any atom is -0.456 e. The maximum atomic E-state index is 7.19. The molecule has 63 heavy (non-hydrogen) atoms. The second-order valence-electron chi connectivity index (χ2n) is 19.2. The molecule has 8 aromatic carbocycles. The minimum atomic E-state index is 0.0134. The van der Waals surface area contributed by atoms with Crippen LogP contribution in [0.1, 0.15) is 63.8 Å². The number of furan rings is 3. The fraction of sp³-hybridized carbons (Fsp3) is 0.172. The van der Waals surface area contributed by atoms with Gasteiger partial charge in [0, 0.05) is 45.7 Å². The fourth-order valence-electron chi connectivity index (χ4n) is 9.43. The molecule has 0 aliphatic carbocycles. The third-order valence-corrected chi connectivity index (χ3v) is 12.6. The largest absolute Gasteiger partial charge is 0.456 e. The lowest BCUT2D eigenvalue weighted by Crippen LogP contribution is -2.13. The summed E-state index contributed by atoms with van der Waals surface area (Å²) in [5.74, 6) is 0. The van der Waals surface area contributed by atoms with Gasteiger partial charge in [-0.15, -0.1) is 0 Å². The molecular weight excluding hydrogens is 773 g/mol. The van der Waals surface area contributed by atoms with E-state index < -0.39 is 0 Å². The number of hydrogen-bond acceptors (Lipinski definition) is 5. The molecule has 0 bridgehead atoms. The summed E-state index contributed by atoms with van der Waals surface area (Å²) in [4.78, 5) is 4.69. The van der Waals surface area contributed by atoms with Gasteiger partial charge in [-0.3, -0.25) is 0 Å². The van der Waals surface area contributed by atoms with Crippen LogP contribution in [-0.2, 0) is 10.8 Å². The van der Waals surface area contributed by atoms with Crippen LogP contribution in [0.3, 0.4) is 0 Å². The van der Waals surface area contributed by atoms with Gasteiger partial charge >= 0.3 is 0 Å². The standard InChI is InChI=1S/C58H50N2O3/c1-35-15-13-17-41(31-35)59(39-27-23-37(24-28-39)57(3,4)5)45-33-49-53(55-51(45)43-19-9-11-21-47(43)62-55)54-50(61-49)34-46(52-44-20-10-12-22-48(44)63-56(52)54)60(42-18-14-16-36(2)32-42)40-29-25-38(26-30-40)58(6,7)8/h9-34H,1-8H3. The van der Waals surface area contributed by atoms with Gasteiger partial charge in [-0.05, 0) is 108 Å².